The second-order valence-electron chi connectivity index (χ2n) is 5.88. The van der Waals surface area contributed by atoms with Crippen LogP contribution >= 0.6 is 0 Å². The average molecular weight is 298 g/mol. The molecular formula is C17H22N4O. The van der Waals surface area contributed by atoms with Crippen LogP contribution in [0.4, 0.5) is 0 Å². The molecule has 116 valence electrons. The molecule has 1 amide bonds. The van der Waals surface area contributed by atoms with Gasteiger partial charge in [-0.1, -0.05) is 25.0 Å². The summed E-state index contributed by atoms with van der Waals surface area (Å²) in [5.41, 5.74) is 5.78. The van der Waals surface area contributed by atoms with Gasteiger partial charge in [-0.15, -0.1) is 0 Å². The number of carbonyl (C=O) groups is 1. The lowest BCUT2D eigenvalue weighted by molar-refractivity contribution is -0.120. The lowest BCUT2D eigenvalue weighted by Crippen LogP contribution is -2.23. The van der Waals surface area contributed by atoms with Crippen LogP contribution in [0.25, 0.3) is 11.0 Å². The quantitative estimate of drug-likeness (QED) is 0.699. The smallest absolute Gasteiger partial charge is 0.247 e. The van der Waals surface area contributed by atoms with Crippen molar-refractivity contribution in [3.63, 3.8) is 0 Å². The second-order valence-corrected chi connectivity index (χ2v) is 5.88. The van der Waals surface area contributed by atoms with Crippen LogP contribution in [-0.4, -0.2) is 21.2 Å². The van der Waals surface area contributed by atoms with E-state index < -0.39 is 0 Å². The predicted molar refractivity (Wildman–Crippen MR) is 87.7 cm³/mol. The van der Waals surface area contributed by atoms with Crippen molar-refractivity contribution in [3.8, 4) is 0 Å². The van der Waals surface area contributed by atoms with Gasteiger partial charge in [-0.3, -0.25) is 4.79 Å². The van der Waals surface area contributed by atoms with Gasteiger partial charge in [-0.05, 0) is 37.8 Å². The molecule has 1 aliphatic rings. The molecule has 2 aromatic rings. The number of imidazole rings is 1. The van der Waals surface area contributed by atoms with Crippen molar-refractivity contribution < 1.29 is 4.79 Å². The SMILES string of the molecule is Cn1c(CC(=O)NN=C2CCCCCC2)nc2ccccc21. The van der Waals surface area contributed by atoms with Gasteiger partial charge in [0, 0.05) is 12.8 Å². The molecule has 1 heterocycles. The number of para-hydroxylation sites is 2. The fourth-order valence-electron chi connectivity index (χ4n) is 2.93. The second kappa shape index (κ2) is 6.73. The number of hydrazone groups is 1. The maximum atomic E-state index is 12.1. The first-order valence-electron chi connectivity index (χ1n) is 7.98. The Kier molecular flexibility index (Phi) is 4.51. The average Bonchev–Trinajstić information content (AvgIpc) is 2.71. The molecule has 1 aliphatic carbocycles. The number of aryl methyl sites for hydroxylation is 1. The number of rotatable bonds is 3. The molecule has 0 saturated heterocycles. The molecule has 0 aliphatic heterocycles. The normalized spacial score (nSPS) is 15.6. The molecule has 1 fully saturated rings. The number of amides is 1. The predicted octanol–water partition coefficient (Wildman–Crippen LogP) is 2.94. The minimum absolute atomic E-state index is 0.102. The fraction of sp³-hybridized carbons (Fsp3) is 0.471. The first kappa shape index (κ1) is 14.8. The Morgan fingerprint density at radius 2 is 1.95 bits per heavy atom. The van der Waals surface area contributed by atoms with Crippen molar-refractivity contribution in [1.82, 2.24) is 15.0 Å². The van der Waals surface area contributed by atoms with E-state index in [9.17, 15) is 4.79 Å². The Labute approximate surface area is 130 Å². The maximum absolute atomic E-state index is 12.1. The van der Waals surface area contributed by atoms with Crippen LogP contribution in [0.3, 0.4) is 0 Å². The van der Waals surface area contributed by atoms with Gasteiger partial charge in [-0.25, -0.2) is 10.4 Å². The van der Waals surface area contributed by atoms with Crippen LogP contribution in [0, 0.1) is 0 Å². The van der Waals surface area contributed by atoms with Crippen LogP contribution in [0.15, 0.2) is 29.4 Å². The van der Waals surface area contributed by atoms with Crippen LogP contribution in [0.2, 0.25) is 0 Å². The number of benzene rings is 1. The standard InChI is InChI=1S/C17H22N4O/c1-21-15-11-7-6-10-14(15)18-16(21)12-17(22)20-19-13-8-4-2-3-5-9-13/h6-7,10-11H,2-5,8-9,12H2,1H3,(H,20,22). The number of aromatic nitrogens is 2. The van der Waals surface area contributed by atoms with E-state index in [0.29, 0.717) is 0 Å². The molecule has 3 rings (SSSR count). The van der Waals surface area contributed by atoms with E-state index in [1.54, 1.807) is 0 Å². The van der Waals surface area contributed by atoms with Crippen LogP contribution in [0.5, 0.6) is 0 Å². The van der Waals surface area contributed by atoms with E-state index in [4.69, 9.17) is 0 Å². The topological polar surface area (TPSA) is 59.3 Å². The van der Waals surface area contributed by atoms with Crippen molar-refractivity contribution in [1.29, 1.82) is 0 Å². The van der Waals surface area contributed by atoms with E-state index >= 15 is 0 Å². The van der Waals surface area contributed by atoms with E-state index in [0.717, 1.165) is 35.4 Å². The van der Waals surface area contributed by atoms with Crippen LogP contribution in [0.1, 0.15) is 44.3 Å². The highest BCUT2D eigenvalue weighted by molar-refractivity contribution is 5.87. The van der Waals surface area contributed by atoms with Crippen LogP contribution in [-0.2, 0) is 18.3 Å². The third-order valence-electron chi connectivity index (χ3n) is 4.22. The Hall–Kier alpha value is -2.17. The zero-order valence-electron chi connectivity index (χ0n) is 13.0. The highest BCUT2D eigenvalue weighted by Gasteiger charge is 2.12. The molecule has 0 unspecified atom stereocenters. The highest BCUT2D eigenvalue weighted by atomic mass is 16.2. The van der Waals surface area contributed by atoms with Gasteiger partial charge in [0.05, 0.1) is 17.5 Å². The maximum Gasteiger partial charge on any atom is 0.247 e. The van der Waals surface area contributed by atoms with E-state index in [1.165, 1.54) is 25.7 Å². The number of hydrogen-bond donors (Lipinski definition) is 1. The third kappa shape index (κ3) is 3.35. The van der Waals surface area contributed by atoms with Crippen molar-refractivity contribution >= 4 is 22.7 Å². The molecule has 5 heteroatoms. The summed E-state index contributed by atoms with van der Waals surface area (Å²) in [6.45, 7) is 0. The molecule has 1 N–H and O–H groups in total. The van der Waals surface area contributed by atoms with Crippen molar-refractivity contribution in [2.24, 2.45) is 12.1 Å². The first-order chi connectivity index (χ1) is 10.7. The van der Waals surface area contributed by atoms with Gasteiger partial charge in [0.25, 0.3) is 0 Å². The van der Waals surface area contributed by atoms with Gasteiger partial charge in [0.2, 0.25) is 5.91 Å². The molecular weight excluding hydrogens is 276 g/mol. The molecule has 0 atom stereocenters. The fourth-order valence-corrected chi connectivity index (χ4v) is 2.93. The molecule has 0 bridgehead atoms. The van der Waals surface area contributed by atoms with Gasteiger partial charge in [-0.2, -0.15) is 5.10 Å². The number of nitrogens with zero attached hydrogens (tertiary/aromatic N) is 3. The minimum atomic E-state index is -0.102. The lowest BCUT2D eigenvalue weighted by Gasteiger charge is -2.04. The van der Waals surface area contributed by atoms with Gasteiger partial charge in [0.15, 0.2) is 0 Å². The van der Waals surface area contributed by atoms with E-state index in [1.807, 2.05) is 35.9 Å². The summed E-state index contributed by atoms with van der Waals surface area (Å²) < 4.78 is 1.97. The Morgan fingerprint density at radius 3 is 2.68 bits per heavy atom. The zero-order chi connectivity index (χ0) is 15.4. The minimum Gasteiger partial charge on any atom is -0.331 e. The molecule has 0 spiro atoms. The first-order valence-corrected chi connectivity index (χ1v) is 7.98. The summed E-state index contributed by atoms with van der Waals surface area (Å²) in [6, 6.07) is 7.90. The number of fused-ring (bicyclic) bond motifs is 1. The third-order valence-corrected chi connectivity index (χ3v) is 4.22. The highest BCUT2D eigenvalue weighted by Crippen LogP contribution is 2.15. The van der Waals surface area contributed by atoms with Crippen molar-refractivity contribution in [3.05, 3.63) is 30.1 Å². The number of carbonyl (C=O) groups excluding carboxylic acids is 1. The van der Waals surface area contributed by atoms with E-state index in [-0.39, 0.29) is 12.3 Å². The molecule has 0 radical (unpaired) electrons. The zero-order valence-corrected chi connectivity index (χ0v) is 13.0. The summed E-state index contributed by atoms with van der Waals surface area (Å²) in [7, 11) is 1.94. The Balaban J connectivity index is 1.65. The molecule has 1 aromatic carbocycles. The monoisotopic (exact) mass is 298 g/mol. The molecule has 1 saturated carbocycles. The number of nitrogens with one attached hydrogen (secondary N) is 1. The summed E-state index contributed by atoms with van der Waals surface area (Å²) >= 11 is 0. The summed E-state index contributed by atoms with van der Waals surface area (Å²) in [5.74, 6) is 0.662. The largest absolute Gasteiger partial charge is 0.331 e. The Morgan fingerprint density at radius 1 is 1.23 bits per heavy atom. The molecule has 1 aromatic heterocycles. The van der Waals surface area contributed by atoms with Gasteiger partial charge < -0.3 is 4.57 Å². The van der Waals surface area contributed by atoms with Crippen molar-refractivity contribution in [2.45, 2.75) is 44.9 Å². The van der Waals surface area contributed by atoms with Crippen LogP contribution < -0.4 is 5.43 Å². The van der Waals surface area contributed by atoms with Gasteiger partial charge >= 0.3 is 0 Å². The molecule has 5 nitrogen and oxygen atoms in total. The summed E-state index contributed by atoms with van der Waals surface area (Å²) in [6.07, 6.45) is 7.17. The summed E-state index contributed by atoms with van der Waals surface area (Å²) in [4.78, 5) is 16.6. The van der Waals surface area contributed by atoms with Crippen molar-refractivity contribution in [2.75, 3.05) is 0 Å². The lowest BCUT2D eigenvalue weighted by atomic mass is 10.2. The van der Waals surface area contributed by atoms with E-state index in [2.05, 4.69) is 15.5 Å². The van der Waals surface area contributed by atoms with Gasteiger partial charge in [0.1, 0.15) is 5.82 Å². The molecule has 22 heavy (non-hydrogen) atoms. The number of hydrogen-bond acceptors (Lipinski definition) is 3. The summed E-state index contributed by atoms with van der Waals surface area (Å²) in [5, 5.41) is 4.30. The Bertz CT molecular complexity index is 692.